The van der Waals surface area contributed by atoms with Crippen molar-refractivity contribution in [1.29, 1.82) is 0 Å². The fourth-order valence-corrected chi connectivity index (χ4v) is 4.16. The molecule has 2 heteroatoms. The van der Waals surface area contributed by atoms with E-state index in [0.29, 0.717) is 5.69 Å². The summed E-state index contributed by atoms with van der Waals surface area (Å²) >= 11 is 0. The number of fused-ring (bicyclic) bond motifs is 3. The Kier molecular flexibility index (Phi) is 3.14. The minimum atomic E-state index is -0.178. The lowest BCUT2D eigenvalue weighted by atomic mass is 9.78. The van der Waals surface area contributed by atoms with Crippen molar-refractivity contribution in [1.82, 2.24) is 0 Å². The lowest BCUT2D eigenvalue weighted by Gasteiger charge is -2.24. The third kappa shape index (κ3) is 1.89. The molecule has 3 aromatic rings. The van der Waals surface area contributed by atoms with Crippen LogP contribution in [-0.2, 0) is 12.5 Å². The van der Waals surface area contributed by atoms with E-state index in [1.807, 2.05) is 17.8 Å². The van der Waals surface area contributed by atoms with Gasteiger partial charge in [0.05, 0.1) is 5.56 Å². The highest BCUT2D eigenvalue weighted by atomic mass is 19.1. The van der Waals surface area contributed by atoms with Crippen LogP contribution in [0.1, 0.15) is 30.5 Å². The van der Waals surface area contributed by atoms with E-state index in [2.05, 4.69) is 57.2 Å². The third-order valence-corrected chi connectivity index (χ3v) is 5.30. The molecule has 1 heterocycles. The molecule has 4 rings (SSSR count). The molecule has 0 bridgehead atoms. The monoisotopic (exact) mass is 318 g/mol. The van der Waals surface area contributed by atoms with Crippen molar-refractivity contribution in [2.75, 3.05) is 0 Å². The number of hydrogen-bond acceptors (Lipinski definition) is 0. The molecule has 0 spiro atoms. The van der Waals surface area contributed by atoms with Crippen LogP contribution in [0, 0.1) is 12.7 Å². The second-order valence-corrected chi connectivity index (χ2v) is 7.17. The molecule has 0 unspecified atom stereocenters. The van der Waals surface area contributed by atoms with Gasteiger partial charge < -0.3 is 0 Å². The first kappa shape index (κ1) is 15.1. The predicted octanol–water partition coefficient (Wildman–Crippen LogP) is 4.93. The zero-order valence-electron chi connectivity index (χ0n) is 14.5. The number of aryl methyl sites for hydroxylation is 2. The van der Waals surface area contributed by atoms with Gasteiger partial charge in [0.15, 0.2) is 12.0 Å². The number of aromatic nitrogens is 1. The fourth-order valence-electron chi connectivity index (χ4n) is 4.16. The van der Waals surface area contributed by atoms with Gasteiger partial charge in [0.1, 0.15) is 7.05 Å². The lowest BCUT2D eigenvalue weighted by Crippen LogP contribution is -2.33. The first-order valence-corrected chi connectivity index (χ1v) is 8.31. The number of nitrogens with zero attached hydrogens (tertiary/aromatic N) is 1. The highest BCUT2D eigenvalue weighted by molar-refractivity contribution is 5.88. The maximum absolute atomic E-state index is 14.7. The SMILES string of the molecule is Cc1ccc2c(c1-c1c(F)ccc[n+]1C)C(C)(C)c1ccccc1-2. The van der Waals surface area contributed by atoms with Gasteiger partial charge in [0, 0.05) is 11.5 Å². The number of hydrogen-bond donors (Lipinski definition) is 0. The van der Waals surface area contributed by atoms with E-state index < -0.39 is 0 Å². The van der Waals surface area contributed by atoms with Gasteiger partial charge >= 0.3 is 0 Å². The van der Waals surface area contributed by atoms with Crippen LogP contribution in [0.2, 0.25) is 0 Å². The molecular weight excluding hydrogens is 297 g/mol. The Morgan fingerprint density at radius 1 is 0.917 bits per heavy atom. The van der Waals surface area contributed by atoms with Crippen molar-refractivity contribution >= 4 is 0 Å². The molecule has 0 amide bonds. The van der Waals surface area contributed by atoms with Gasteiger partial charge in [0.2, 0.25) is 5.69 Å². The van der Waals surface area contributed by atoms with Gasteiger partial charge in [-0.1, -0.05) is 50.2 Å². The summed E-state index contributed by atoms with van der Waals surface area (Å²) < 4.78 is 16.6. The van der Waals surface area contributed by atoms with E-state index in [0.717, 1.165) is 11.1 Å². The second kappa shape index (κ2) is 5.01. The summed E-state index contributed by atoms with van der Waals surface area (Å²) in [5.74, 6) is -0.178. The first-order valence-electron chi connectivity index (χ1n) is 8.31. The van der Waals surface area contributed by atoms with Crippen LogP contribution < -0.4 is 4.57 Å². The molecule has 0 fully saturated rings. The standard InChI is InChI=1S/C22H21FN/c1-14-11-12-16-15-8-5-6-9-17(15)22(2,3)20(16)19(14)21-18(23)10-7-13-24(21)4/h5-13H,1-4H3/q+1. The van der Waals surface area contributed by atoms with E-state index in [4.69, 9.17) is 0 Å². The molecular formula is C22H21FN+. The zero-order valence-corrected chi connectivity index (χ0v) is 14.5. The summed E-state index contributed by atoms with van der Waals surface area (Å²) in [6.45, 7) is 6.55. The summed E-state index contributed by atoms with van der Waals surface area (Å²) in [4.78, 5) is 0. The average Bonchev–Trinajstić information content (AvgIpc) is 2.78. The highest BCUT2D eigenvalue weighted by Crippen LogP contribution is 2.52. The quantitative estimate of drug-likeness (QED) is 0.560. The zero-order chi connectivity index (χ0) is 17.1. The van der Waals surface area contributed by atoms with Gasteiger partial charge in [-0.25, -0.2) is 0 Å². The van der Waals surface area contributed by atoms with Crippen molar-refractivity contribution < 1.29 is 8.96 Å². The van der Waals surface area contributed by atoms with Gasteiger partial charge in [-0.15, -0.1) is 0 Å². The van der Waals surface area contributed by atoms with Crippen LogP contribution in [0.25, 0.3) is 22.4 Å². The maximum Gasteiger partial charge on any atom is 0.248 e. The highest BCUT2D eigenvalue weighted by Gasteiger charge is 2.40. The molecule has 0 atom stereocenters. The maximum atomic E-state index is 14.7. The normalized spacial score (nSPS) is 14.4. The first-order chi connectivity index (χ1) is 11.4. The number of pyridine rings is 1. The Balaban J connectivity index is 2.14. The van der Waals surface area contributed by atoms with Gasteiger partial charge in [0.25, 0.3) is 0 Å². The largest absolute Gasteiger partial charge is 0.248 e. The van der Waals surface area contributed by atoms with Crippen LogP contribution >= 0.6 is 0 Å². The third-order valence-electron chi connectivity index (χ3n) is 5.30. The molecule has 0 saturated heterocycles. The fraction of sp³-hybridized carbons (Fsp3) is 0.227. The molecule has 120 valence electrons. The number of halogens is 1. The Morgan fingerprint density at radius 2 is 1.67 bits per heavy atom. The lowest BCUT2D eigenvalue weighted by molar-refractivity contribution is -0.661. The minimum absolute atomic E-state index is 0.150. The molecule has 1 aliphatic carbocycles. The van der Waals surface area contributed by atoms with Crippen LogP contribution in [0.4, 0.5) is 4.39 Å². The Bertz CT molecular complexity index is 949. The summed E-state index contributed by atoms with van der Waals surface area (Å²) in [5.41, 5.74) is 7.66. The van der Waals surface area contributed by atoms with Crippen molar-refractivity contribution in [3.63, 3.8) is 0 Å². The molecule has 0 saturated carbocycles. The second-order valence-electron chi connectivity index (χ2n) is 7.17. The van der Waals surface area contributed by atoms with Crippen molar-refractivity contribution in [3.05, 3.63) is 77.2 Å². The molecule has 0 radical (unpaired) electrons. The molecule has 24 heavy (non-hydrogen) atoms. The van der Waals surface area contributed by atoms with Crippen LogP contribution in [0.3, 0.4) is 0 Å². The average molecular weight is 318 g/mol. The summed E-state index contributed by atoms with van der Waals surface area (Å²) in [5, 5.41) is 0. The van der Waals surface area contributed by atoms with Crippen molar-refractivity contribution in [2.45, 2.75) is 26.2 Å². The topological polar surface area (TPSA) is 3.88 Å². The van der Waals surface area contributed by atoms with E-state index in [9.17, 15) is 4.39 Å². The van der Waals surface area contributed by atoms with Crippen LogP contribution in [0.15, 0.2) is 54.7 Å². The van der Waals surface area contributed by atoms with Crippen molar-refractivity contribution in [2.24, 2.45) is 7.05 Å². The van der Waals surface area contributed by atoms with Gasteiger partial charge in [-0.05, 0) is 40.8 Å². The molecule has 0 aliphatic heterocycles. The summed E-state index contributed by atoms with van der Waals surface area (Å²) in [6, 6.07) is 16.1. The Morgan fingerprint density at radius 3 is 2.42 bits per heavy atom. The number of rotatable bonds is 1. The van der Waals surface area contributed by atoms with Gasteiger partial charge in [-0.2, -0.15) is 8.96 Å². The van der Waals surface area contributed by atoms with Crippen LogP contribution in [0.5, 0.6) is 0 Å². The molecule has 0 N–H and O–H groups in total. The van der Waals surface area contributed by atoms with E-state index >= 15 is 0 Å². The van der Waals surface area contributed by atoms with E-state index in [1.165, 1.54) is 22.3 Å². The minimum Gasteiger partial charge on any atom is -0.200 e. The van der Waals surface area contributed by atoms with E-state index in [1.54, 1.807) is 12.1 Å². The molecule has 2 aromatic carbocycles. The summed E-state index contributed by atoms with van der Waals surface area (Å²) in [7, 11) is 1.91. The smallest absolute Gasteiger partial charge is 0.200 e. The molecule has 1 aliphatic rings. The van der Waals surface area contributed by atoms with Crippen molar-refractivity contribution in [3.8, 4) is 22.4 Å². The summed E-state index contributed by atoms with van der Waals surface area (Å²) in [6.07, 6.45) is 1.91. The van der Waals surface area contributed by atoms with E-state index in [-0.39, 0.29) is 11.2 Å². The Labute approximate surface area is 142 Å². The Hall–Kier alpha value is -2.48. The molecule has 1 aromatic heterocycles. The predicted molar refractivity (Wildman–Crippen MR) is 95.3 cm³/mol. The number of benzene rings is 2. The molecule has 1 nitrogen and oxygen atoms in total. The van der Waals surface area contributed by atoms with Gasteiger partial charge in [-0.3, -0.25) is 0 Å². The van der Waals surface area contributed by atoms with Crippen LogP contribution in [-0.4, -0.2) is 0 Å².